The van der Waals surface area contributed by atoms with E-state index in [-0.39, 0.29) is 16.5 Å². The fraction of sp³-hybridized carbons (Fsp3) is 0. The molecule has 1 aromatic heterocycles. The molecule has 0 saturated carbocycles. The first-order valence-electron chi connectivity index (χ1n) is 9.10. The Morgan fingerprint density at radius 2 is 1.91 bits per heavy atom. The van der Waals surface area contributed by atoms with E-state index >= 15 is 0 Å². The number of benzene rings is 2. The Balaban J connectivity index is 1.50. The van der Waals surface area contributed by atoms with Crippen LogP contribution in [0.15, 0.2) is 74.1 Å². The quantitative estimate of drug-likeness (QED) is 0.280. The fourth-order valence-electron chi connectivity index (χ4n) is 2.76. The summed E-state index contributed by atoms with van der Waals surface area (Å²) < 4.78 is 5.75. The van der Waals surface area contributed by atoms with Crippen LogP contribution in [0.1, 0.15) is 21.7 Å². The van der Waals surface area contributed by atoms with Crippen molar-refractivity contribution in [3.8, 4) is 11.3 Å². The third-order valence-corrected chi connectivity index (χ3v) is 5.86. The van der Waals surface area contributed by atoms with Gasteiger partial charge < -0.3 is 9.52 Å². The van der Waals surface area contributed by atoms with Gasteiger partial charge in [0.2, 0.25) is 0 Å². The summed E-state index contributed by atoms with van der Waals surface area (Å²) in [6, 6.07) is 15.1. The first-order chi connectivity index (χ1) is 15.4. The zero-order valence-electron chi connectivity index (χ0n) is 16.1. The summed E-state index contributed by atoms with van der Waals surface area (Å²) in [4.78, 5) is 23.9. The van der Waals surface area contributed by atoms with E-state index in [1.165, 1.54) is 18.3 Å². The molecule has 10 heteroatoms. The molecule has 1 fully saturated rings. The minimum Gasteiger partial charge on any atom is -0.478 e. The Kier molecular flexibility index (Phi) is 6.45. The smallest absolute Gasteiger partial charge is 0.337 e. The fourth-order valence-corrected chi connectivity index (χ4v) is 3.90. The highest BCUT2D eigenvalue weighted by Crippen LogP contribution is 2.30. The van der Waals surface area contributed by atoms with Gasteiger partial charge in [-0.25, -0.2) is 4.79 Å². The van der Waals surface area contributed by atoms with Gasteiger partial charge in [0.15, 0.2) is 5.17 Å². The number of hydrogen-bond acceptors (Lipinski definition) is 6. The molecule has 7 nitrogen and oxygen atoms in total. The molecule has 1 aliphatic rings. The van der Waals surface area contributed by atoms with E-state index in [0.29, 0.717) is 37.7 Å². The zero-order valence-corrected chi connectivity index (χ0v) is 18.4. The maximum Gasteiger partial charge on any atom is 0.337 e. The van der Waals surface area contributed by atoms with Crippen molar-refractivity contribution in [2.45, 2.75) is 0 Å². The highest BCUT2D eigenvalue weighted by molar-refractivity contribution is 8.18. The van der Waals surface area contributed by atoms with Crippen molar-refractivity contribution in [3.63, 3.8) is 0 Å². The predicted octanol–water partition coefficient (Wildman–Crippen LogP) is 5.55. The average molecular weight is 486 g/mol. The molecule has 0 aliphatic carbocycles. The average Bonchev–Trinajstić information content (AvgIpc) is 3.36. The Hall–Kier alpha value is -3.33. The van der Waals surface area contributed by atoms with Crippen molar-refractivity contribution in [1.29, 1.82) is 0 Å². The van der Waals surface area contributed by atoms with Crippen molar-refractivity contribution in [3.05, 3.63) is 86.4 Å². The molecule has 3 aromatic rings. The number of hydrogen-bond donors (Lipinski definition) is 2. The third-order valence-electron chi connectivity index (χ3n) is 4.28. The van der Waals surface area contributed by atoms with Gasteiger partial charge in [-0.2, -0.15) is 5.10 Å². The number of nitrogens with one attached hydrogen (secondary N) is 1. The normalized spacial score (nSPS) is 16.2. The highest BCUT2D eigenvalue weighted by atomic mass is 35.5. The third kappa shape index (κ3) is 4.94. The number of amidine groups is 1. The number of nitrogens with zero attached hydrogens (tertiary/aromatic N) is 2. The number of rotatable bonds is 5. The molecule has 2 N–H and O–H groups in total. The Labute approximate surface area is 196 Å². The topological polar surface area (TPSA) is 104 Å². The highest BCUT2D eigenvalue weighted by Gasteiger charge is 2.24. The maximum atomic E-state index is 12.2. The largest absolute Gasteiger partial charge is 0.478 e. The minimum atomic E-state index is -1.13. The van der Waals surface area contributed by atoms with E-state index in [2.05, 4.69) is 15.5 Å². The summed E-state index contributed by atoms with van der Waals surface area (Å²) >= 11 is 13.1. The van der Waals surface area contributed by atoms with Crippen molar-refractivity contribution in [2.24, 2.45) is 10.2 Å². The molecule has 4 rings (SSSR count). The first-order valence-corrected chi connectivity index (χ1v) is 10.7. The van der Waals surface area contributed by atoms with E-state index in [0.717, 1.165) is 11.8 Å². The Bertz CT molecular complexity index is 1310. The van der Waals surface area contributed by atoms with Gasteiger partial charge in [-0.05, 0) is 48.2 Å². The molecule has 0 spiro atoms. The number of carboxylic acid groups (broad SMARTS) is 1. The van der Waals surface area contributed by atoms with Crippen molar-refractivity contribution < 1.29 is 19.1 Å². The lowest BCUT2D eigenvalue weighted by Gasteiger charge is -2.02. The minimum absolute atomic E-state index is 0.0237. The van der Waals surface area contributed by atoms with E-state index in [9.17, 15) is 14.7 Å². The van der Waals surface area contributed by atoms with Crippen molar-refractivity contribution in [1.82, 2.24) is 5.32 Å². The summed E-state index contributed by atoms with van der Waals surface area (Å²) in [5.41, 5.74) is 1.24. The number of furan rings is 1. The first kappa shape index (κ1) is 21.9. The van der Waals surface area contributed by atoms with Crippen LogP contribution in [-0.2, 0) is 4.79 Å². The van der Waals surface area contributed by atoms with E-state index in [4.69, 9.17) is 27.6 Å². The second kappa shape index (κ2) is 9.44. The molecule has 0 bridgehead atoms. The Morgan fingerprint density at radius 1 is 1.09 bits per heavy atom. The lowest BCUT2D eigenvalue weighted by atomic mass is 10.1. The molecule has 0 unspecified atom stereocenters. The number of carboxylic acids is 1. The SMILES string of the molecule is O=C1N/C(=N\N=C\c2ccccc2Cl)S/C1=C/c1ccc(-c2ccc(Cl)c(C(=O)O)c2)o1. The summed E-state index contributed by atoms with van der Waals surface area (Å²) in [6.07, 6.45) is 3.07. The van der Waals surface area contributed by atoms with Gasteiger partial charge in [0, 0.05) is 22.2 Å². The summed E-state index contributed by atoms with van der Waals surface area (Å²) in [7, 11) is 0. The van der Waals surface area contributed by atoms with Gasteiger partial charge in [-0.15, -0.1) is 5.10 Å². The van der Waals surface area contributed by atoms with Crippen LogP contribution in [0.5, 0.6) is 0 Å². The van der Waals surface area contributed by atoms with Gasteiger partial charge in [-0.1, -0.05) is 41.4 Å². The molecule has 1 aliphatic heterocycles. The van der Waals surface area contributed by atoms with Crippen LogP contribution in [0.25, 0.3) is 17.4 Å². The van der Waals surface area contributed by atoms with E-state index in [1.54, 1.807) is 36.4 Å². The second-order valence-corrected chi connectivity index (χ2v) is 8.28. The van der Waals surface area contributed by atoms with Gasteiger partial charge in [0.1, 0.15) is 11.5 Å². The van der Waals surface area contributed by atoms with Crippen LogP contribution in [0, 0.1) is 0 Å². The van der Waals surface area contributed by atoms with E-state index in [1.807, 2.05) is 12.1 Å². The van der Waals surface area contributed by atoms with Crippen LogP contribution in [0.2, 0.25) is 10.0 Å². The summed E-state index contributed by atoms with van der Waals surface area (Å²) in [5.74, 6) is -0.601. The van der Waals surface area contributed by atoms with Gasteiger partial charge in [0.25, 0.3) is 5.91 Å². The molecule has 0 radical (unpaired) electrons. The van der Waals surface area contributed by atoms with Crippen molar-refractivity contribution in [2.75, 3.05) is 0 Å². The second-order valence-electron chi connectivity index (χ2n) is 6.44. The number of carbonyl (C=O) groups is 2. The molecule has 32 heavy (non-hydrogen) atoms. The molecule has 160 valence electrons. The maximum absolute atomic E-state index is 12.2. The lowest BCUT2D eigenvalue weighted by molar-refractivity contribution is -0.115. The van der Waals surface area contributed by atoms with Gasteiger partial charge in [-0.3, -0.25) is 10.1 Å². The molecule has 1 amide bonds. The molecule has 2 heterocycles. The zero-order chi connectivity index (χ0) is 22.7. The monoisotopic (exact) mass is 485 g/mol. The van der Waals surface area contributed by atoms with Crippen LogP contribution < -0.4 is 5.32 Å². The lowest BCUT2D eigenvalue weighted by Crippen LogP contribution is -2.19. The number of amides is 1. The molecular formula is C22H13Cl2N3O4S. The number of halogens is 2. The van der Waals surface area contributed by atoms with Gasteiger partial charge in [0.05, 0.1) is 21.7 Å². The summed E-state index contributed by atoms with van der Waals surface area (Å²) in [5, 5.41) is 20.8. The molecular weight excluding hydrogens is 473 g/mol. The Morgan fingerprint density at radius 3 is 2.69 bits per heavy atom. The van der Waals surface area contributed by atoms with Gasteiger partial charge >= 0.3 is 5.97 Å². The molecule has 0 atom stereocenters. The number of aromatic carboxylic acids is 1. The van der Waals surface area contributed by atoms with Crippen LogP contribution >= 0.6 is 35.0 Å². The van der Waals surface area contributed by atoms with Crippen LogP contribution in [0.4, 0.5) is 0 Å². The summed E-state index contributed by atoms with van der Waals surface area (Å²) in [6.45, 7) is 0. The number of carbonyl (C=O) groups excluding carboxylic acids is 1. The number of thioether (sulfide) groups is 1. The van der Waals surface area contributed by atoms with E-state index < -0.39 is 5.97 Å². The van der Waals surface area contributed by atoms with Crippen LogP contribution in [-0.4, -0.2) is 28.4 Å². The standard InChI is InChI=1S/C22H13Cl2N3O4S/c23-16-4-2-1-3-13(16)11-25-27-22-26-20(28)19(32-22)10-14-6-8-18(31-14)12-5-7-17(24)15(9-12)21(29)30/h1-11H,(H,29,30)(H,26,27,28)/b19-10+,25-11+. The molecule has 1 saturated heterocycles. The predicted molar refractivity (Wildman–Crippen MR) is 126 cm³/mol. The molecule has 2 aromatic carbocycles. The van der Waals surface area contributed by atoms with Crippen LogP contribution in [0.3, 0.4) is 0 Å². The van der Waals surface area contributed by atoms with Crippen molar-refractivity contribution >= 4 is 64.3 Å².